The highest BCUT2D eigenvalue weighted by Crippen LogP contribution is 2.29. The average Bonchev–Trinajstić information content (AvgIpc) is 2.38. The quantitative estimate of drug-likeness (QED) is 0.386. The molecule has 0 saturated carbocycles. The number of unbranched alkanes of at least 4 members (excludes halogenated alkanes) is 4. The molecule has 0 nitrogen and oxygen atoms in total. The molecule has 0 radical (unpaired) electrons. The van der Waals surface area contributed by atoms with Gasteiger partial charge in [0.2, 0.25) is 0 Å². The molecule has 0 N–H and O–H groups in total. The summed E-state index contributed by atoms with van der Waals surface area (Å²) in [7, 11) is 0. The van der Waals surface area contributed by atoms with Gasteiger partial charge in [-0.3, -0.25) is 0 Å². The Morgan fingerprint density at radius 3 is 2.61 bits per heavy atom. The summed E-state index contributed by atoms with van der Waals surface area (Å²) in [6.45, 7) is 6.77. The number of hydrogen-bond donors (Lipinski definition) is 0. The van der Waals surface area contributed by atoms with Crippen molar-refractivity contribution in [3.05, 3.63) is 41.3 Å². The zero-order chi connectivity index (χ0) is 13.2. The molecule has 0 aliphatic carbocycles. The van der Waals surface area contributed by atoms with Crippen molar-refractivity contribution >= 4 is 11.8 Å². The largest absolute Gasteiger partial charge is 0.0981 e. The smallest absolute Gasteiger partial charge is 0.0150 e. The summed E-state index contributed by atoms with van der Waals surface area (Å²) in [5, 5.41) is 2.26. The van der Waals surface area contributed by atoms with Crippen LogP contribution in [0.1, 0.15) is 64.4 Å². The molecule has 0 saturated heterocycles. The second kappa shape index (κ2) is 9.27. The van der Waals surface area contributed by atoms with E-state index in [4.69, 9.17) is 0 Å². The lowest BCUT2D eigenvalue weighted by Crippen LogP contribution is -1.88. The van der Waals surface area contributed by atoms with E-state index in [0.29, 0.717) is 5.92 Å². The standard InChI is InChI=1S/C17H26S/c1-4-5-6-7-8-11-14-18-17-13-10-9-12-16(17)15(2)3/h9-15H,4-8H2,1-3H3/b14-11+. The molecule has 0 heterocycles. The van der Waals surface area contributed by atoms with Crippen LogP contribution in [-0.4, -0.2) is 0 Å². The summed E-state index contributed by atoms with van der Waals surface area (Å²) >= 11 is 1.86. The Labute approximate surface area is 117 Å². The third-order valence-corrected chi connectivity index (χ3v) is 4.01. The van der Waals surface area contributed by atoms with Gasteiger partial charge in [-0.05, 0) is 35.8 Å². The third kappa shape index (κ3) is 5.77. The van der Waals surface area contributed by atoms with Crippen LogP contribution in [-0.2, 0) is 0 Å². The molecule has 1 heteroatoms. The van der Waals surface area contributed by atoms with Gasteiger partial charge in [0, 0.05) is 4.90 Å². The minimum atomic E-state index is 0.603. The first kappa shape index (κ1) is 15.4. The zero-order valence-corrected chi connectivity index (χ0v) is 12.8. The summed E-state index contributed by atoms with van der Waals surface area (Å²) < 4.78 is 0. The number of benzene rings is 1. The minimum absolute atomic E-state index is 0.603. The Morgan fingerprint density at radius 2 is 1.89 bits per heavy atom. The molecule has 100 valence electrons. The molecule has 1 aromatic carbocycles. The van der Waals surface area contributed by atoms with Crippen molar-refractivity contribution in [3.63, 3.8) is 0 Å². The molecular formula is C17H26S. The molecule has 0 bridgehead atoms. The molecule has 0 aliphatic heterocycles. The summed E-state index contributed by atoms with van der Waals surface area (Å²) in [5.74, 6) is 0.603. The van der Waals surface area contributed by atoms with E-state index in [1.807, 2.05) is 11.8 Å². The zero-order valence-electron chi connectivity index (χ0n) is 12.0. The Morgan fingerprint density at radius 1 is 1.11 bits per heavy atom. The molecule has 1 rings (SSSR count). The number of rotatable bonds is 8. The molecule has 0 unspecified atom stereocenters. The average molecular weight is 262 g/mol. The lowest BCUT2D eigenvalue weighted by atomic mass is 10.0. The van der Waals surface area contributed by atoms with Crippen LogP contribution < -0.4 is 0 Å². The van der Waals surface area contributed by atoms with E-state index in [9.17, 15) is 0 Å². The predicted molar refractivity (Wildman–Crippen MR) is 84.3 cm³/mol. The first-order chi connectivity index (χ1) is 8.75. The molecule has 0 amide bonds. The van der Waals surface area contributed by atoms with Crippen LogP contribution in [0.4, 0.5) is 0 Å². The van der Waals surface area contributed by atoms with Gasteiger partial charge < -0.3 is 0 Å². The van der Waals surface area contributed by atoms with Crippen LogP contribution in [0.15, 0.2) is 40.6 Å². The van der Waals surface area contributed by atoms with Gasteiger partial charge in [0.25, 0.3) is 0 Å². The van der Waals surface area contributed by atoms with Gasteiger partial charge in [-0.2, -0.15) is 0 Å². The van der Waals surface area contributed by atoms with E-state index in [1.54, 1.807) is 0 Å². The second-order valence-corrected chi connectivity index (χ2v) is 5.98. The van der Waals surface area contributed by atoms with Gasteiger partial charge in [0.15, 0.2) is 0 Å². The number of thioether (sulfide) groups is 1. The maximum atomic E-state index is 2.32. The molecule has 0 atom stereocenters. The van der Waals surface area contributed by atoms with Crippen LogP contribution in [0.2, 0.25) is 0 Å². The SMILES string of the molecule is CCCCCC/C=C/Sc1ccccc1C(C)C. The third-order valence-electron chi connectivity index (χ3n) is 3.06. The van der Waals surface area contributed by atoms with Gasteiger partial charge in [-0.25, -0.2) is 0 Å². The van der Waals surface area contributed by atoms with E-state index >= 15 is 0 Å². The summed E-state index contributed by atoms with van der Waals surface area (Å²) in [5.41, 5.74) is 1.46. The van der Waals surface area contributed by atoms with Gasteiger partial charge >= 0.3 is 0 Å². The van der Waals surface area contributed by atoms with Gasteiger partial charge in [-0.15, -0.1) is 0 Å². The van der Waals surface area contributed by atoms with Crippen LogP contribution in [0.25, 0.3) is 0 Å². The fourth-order valence-electron chi connectivity index (χ4n) is 1.94. The highest BCUT2D eigenvalue weighted by atomic mass is 32.2. The van der Waals surface area contributed by atoms with Crippen LogP contribution in [0.3, 0.4) is 0 Å². The second-order valence-electron chi connectivity index (χ2n) is 5.03. The summed E-state index contributed by atoms with van der Waals surface area (Å²) in [6.07, 6.45) is 8.93. The van der Waals surface area contributed by atoms with Crippen LogP contribution in [0, 0.1) is 0 Å². The highest BCUT2D eigenvalue weighted by molar-refractivity contribution is 8.02. The van der Waals surface area contributed by atoms with Crippen LogP contribution >= 0.6 is 11.8 Å². The Kier molecular flexibility index (Phi) is 7.91. The molecular weight excluding hydrogens is 236 g/mol. The Hall–Kier alpha value is -0.690. The number of allylic oxidation sites excluding steroid dienone is 1. The van der Waals surface area contributed by atoms with Crippen molar-refractivity contribution in [3.8, 4) is 0 Å². The molecule has 0 spiro atoms. The first-order valence-corrected chi connectivity index (χ1v) is 8.04. The van der Waals surface area contributed by atoms with E-state index in [0.717, 1.165) is 0 Å². The molecule has 1 aromatic rings. The Balaban J connectivity index is 2.36. The maximum Gasteiger partial charge on any atom is 0.0150 e. The summed E-state index contributed by atoms with van der Waals surface area (Å²) in [6, 6.07) is 8.72. The summed E-state index contributed by atoms with van der Waals surface area (Å²) in [4.78, 5) is 1.40. The van der Waals surface area contributed by atoms with Gasteiger partial charge in [0.1, 0.15) is 0 Å². The Bertz CT molecular complexity index is 352. The molecule has 0 fully saturated rings. The fourth-order valence-corrected chi connectivity index (χ4v) is 2.92. The topological polar surface area (TPSA) is 0 Å². The first-order valence-electron chi connectivity index (χ1n) is 7.16. The molecule has 0 aliphatic rings. The van der Waals surface area contributed by atoms with Gasteiger partial charge in [0.05, 0.1) is 0 Å². The van der Waals surface area contributed by atoms with Crippen molar-refractivity contribution in [1.82, 2.24) is 0 Å². The van der Waals surface area contributed by atoms with E-state index in [2.05, 4.69) is 56.5 Å². The maximum absolute atomic E-state index is 2.32. The normalized spacial score (nSPS) is 11.6. The van der Waals surface area contributed by atoms with E-state index in [-0.39, 0.29) is 0 Å². The van der Waals surface area contributed by atoms with E-state index in [1.165, 1.54) is 42.6 Å². The van der Waals surface area contributed by atoms with Crippen molar-refractivity contribution < 1.29 is 0 Å². The monoisotopic (exact) mass is 262 g/mol. The van der Waals surface area contributed by atoms with Gasteiger partial charge in [-0.1, -0.05) is 76.1 Å². The molecule has 0 aromatic heterocycles. The van der Waals surface area contributed by atoms with Crippen molar-refractivity contribution in [1.29, 1.82) is 0 Å². The fraction of sp³-hybridized carbons (Fsp3) is 0.529. The predicted octanol–water partition coefficient (Wildman–Crippen LogP) is 6.39. The van der Waals surface area contributed by atoms with Crippen LogP contribution in [0.5, 0.6) is 0 Å². The van der Waals surface area contributed by atoms with Crippen molar-refractivity contribution in [2.45, 2.75) is 63.7 Å². The minimum Gasteiger partial charge on any atom is -0.0981 e. The lowest BCUT2D eigenvalue weighted by molar-refractivity contribution is 0.675. The van der Waals surface area contributed by atoms with Crippen molar-refractivity contribution in [2.24, 2.45) is 0 Å². The van der Waals surface area contributed by atoms with E-state index < -0.39 is 0 Å². The number of hydrogen-bond acceptors (Lipinski definition) is 1. The highest BCUT2D eigenvalue weighted by Gasteiger charge is 2.04. The van der Waals surface area contributed by atoms with Crippen molar-refractivity contribution in [2.75, 3.05) is 0 Å². The molecule has 18 heavy (non-hydrogen) atoms. The lowest BCUT2D eigenvalue weighted by Gasteiger charge is -2.09.